The lowest BCUT2D eigenvalue weighted by atomic mass is 10.0. The Hall–Kier alpha value is -1.25. The summed E-state index contributed by atoms with van der Waals surface area (Å²) in [7, 11) is -3.75. The van der Waals surface area contributed by atoms with Gasteiger partial charge in [-0.15, -0.1) is 0 Å². The molecule has 2 rings (SSSR count). The first-order chi connectivity index (χ1) is 9.79. The van der Waals surface area contributed by atoms with Gasteiger partial charge in [0.05, 0.1) is 5.69 Å². The highest BCUT2D eigenvalue weighted by Gasteiger charge is 2.27. The topological polar surface area (TPSA) is 75.4 Å². The highest BCUT2D eigenvalue weighted by atomic mass is 32.2. The summed E-state index contributed by atoms with van der Waals surface area (Å²) < 4.78 is 42.1. The summed E-state index contributed by atoms with van der Waals surface area (Å²) in [5.41, 5.74) is 5.66. The predicted molar refractivity (Wildman–Crippen MR) is 84.8 cm³/mol. The quantitative estimate of drug-likeness (QED) is 0.826. The second kappa shape index (κ2) is 6.25. The zero-order chi connectivity index (χ0) is 15.6. The molecule has 1 heterocycles. The van der Waals surface area contributed by atoms with Gasteiger partial charge in [0.25, 0.3) is 0 Å². The van der Waals surface area contributed by atoms with E-state index in [1.54, 1.807) is 0 Å². The van der Waals surface area contributed by atoms with Crippen molar-refractivity contribution in [1.29, 1.82) is 0 Å². The molecule has 0 bridgehead atoms. The number of piperidine rings is 1. The standard InChI is InChI=1S/C13H18FN3O2S2/c1-9-3-2-6-17(8-9)21(18,19)16-12-5-4-10(13(15)20)7-11(12)14/h4-5,7,9,16H,2-3,6,8H2,1H3,(H2,15,20). The molecule has 1 aliphatic rings. The molecule has 1 unspecified atom stereocenters. The number of benzene rings is 1. The van der Waals surface area contributed by atoms with Gasteiger partial charge in [-0.2, -0.15) is 12.7 Å². The summed E-state index contributed by atoms with van der Waals surface area (Å²) in [6, 6.07) is 3.94. The van der Waals surface area contributed by atoms with Gasteiger partial charge in [0.15, 0.2) is 0 Å². The fourth-order valence-electron chi connectivity index (χ4n) is 2.32. The van der Waals surface area contributed by atoms with Gasteiger partial charge in [0.2, 0.25) is 0 Å². The lowest BCUT2D eigenvalue weighted by Crippen LogP contribution is -2.42. The van der Waals surface area contributed by atoms with E-state index in [-0.39, 0.29) is 10.7 Å². The molecule has 8 heteroatoms. The maximum absolute atomic E-state index is 13.9. The zero-order valence-electron chi connectivity index (χ0n) is 11.7. The van der Waals surface area contributed by atoms with E-state index in [2.05, 4.69) is 4.72 Å². The summed E-state index contributed by atoms with van der Waals surface area (Å²) in [5.74, 6) is -0.397. The number of thiocarbonyl (C=S) groups is 1. The molecule has 1 aromatic carbocycles. The molecule has 5 nitrogen and oxygen atoms in total. The first kappa shape index (κ1) is 16.1. The van der Waals surface area contributed by atoms with E-state index in [1.165, 1.54) is 16.4 Å². The van der Waals surface area contributed by atoms with Crippen molar-refractivity contribution >= 4 is 33.1 Å². The molecule has 0 spiro atoms. The molecule has 1 saturated heterocycles. The van der Waals surface area contributed by atoms with Crippen LogP contribution in [0.5, 0.6) is 0 Å². The summed E-state index contributed by atoms with van der Waals surface area (Å²) in [6.07, 6.45) is 1.81. The smallest absolute Gasteiger partial charge is 0.301 e. The average Bonchev–Trinajstić information content (AvgIpc) is 2.40. The highest BCUT2D eigenvalue weighted by molar-refractivity contribution is 7.90. The van der Waals surface area contributed by atoms with Gasteiger partial charge < -0.3 is 5.73 Å². The summed E-state index contributed by atoms with van der Waals surface area (Å²) in [4.78, 5) is 0.0631. The van der Waals surface area contributed by atoms with Crippen LogP contribution in [0.3, 0.4) is 0 Å². The maximum Gasteiger partial charge on any atom is 0.301 e. The Bertz CT molecular complexity index is 649. The fraction of sp³-hybridized carbons (Fsp3) is 0.462. The van der Waals surface area contributed by atoms with Crippen LogP contribution < -0.4 is 10.5 Å². The van der Waals surface area contributed by atoms with Crippen molar-refractivity contribution < 1.29 is 12.8 Å². The SMILES string of the molecule is CC1CCCN(S(=O)(=O)Nc2ccc(C(N)=S)cc2F)C1. The van der Waals surface area contributed by atoms with Crippen molar-refractivity contribution in [3.8, 4) is 0 Å². The van der Waals surface area contributed by atoms with Gasteiger partial charge >= 0.3 is 10.2 Å². The van der Waals surface area contributed by atoms with Gasteiger partial charge in [-0.3, -0.25) is 4.72 Å². The molecule has 3 N–H and O–H groups in total. The molecular formula is C13H18FN3O2S2. The molecule has 0 radical (unpaired) electrons. The summed E-state index contributed by atoms with van der Waals surface area (Å²) >= 11 is 4.75. The van der Waals surface area contributed by atoms with Gasteiger partial charge in [-0.05, 0) is 37.0 Å². The van der Waals surface area contributed by atoms with Gasteiger partial charge in [0, 0.05) is 18.7 Å². The third-order valence-electron chi connectivity index (χ3n) is 3.45. The van der Waals surface area contributed by atoms with Gasteiger partial charge in [-0.1, -0.05) is 19.1 Å². The number of nitrogens with zero attached hydrogens (tertiary/aromatic N) is 1. The van der Waals surface area contributed by atoms with Crippen molar-refractivity contribution in [3.05, 3.63) is 29.6 Å². The highest BCUT2D eigenvalue weighted by Crippen LogP contribution is 2.22. The fourth-order valence-corrected chi connectivity index (χ4v) is 3.84. The molecule has 116 valence electrons. The first-order valence-electron chi connectivity index (χ1n) is 6.67. The molecule has 1 fully saturated rings. The van der Waals surface area contributed by atoms with Crippen LogP contribution in [0.25, 0.3) is 0 Å². The third kappa shape index (κ3) is 3.90. The van der Waals surface area contributed by atoms with Crippen LogP contribution in [-0.4, -0.2) is 30.8 Å². The number of rotatable bonds is 4. The Morgan fingerprint density at radius 1 is 1.52 bits per heavy atom. The van der Waals surface area contributed by atoms with Crippen LogP contribution in [0.1, 0.15) is 25.3 Å². The number of hydrogen-bond donors (Lipinski definition) is 2. The monoisotopic (exact) mass is 331 g/mol. The van der Waals surface area contributed by atoms with Crippen molar-refractivity contribution in [2.75, 3.05) is 17.8 Å². The lowest BCUT2D eigenvalue weighted by Gasteiger charge is -2.30. The Balaban J connectivity index is 2.18. The van der Waals surface area contributed by atoms with Crippen LogP contribution in [0.4, 0.5) is 10.1 Å². The molecule has 0 saturated carbocycles. The Labute approximate surface area is 129 Å². The lowest BCUT2D eigenvalue weighted by molar-refractivity contribution is 0.282. The maximum atomic E-state index is 13.9. The molecule has 1 aromatic rings. The van der Waals surface area contributed by atoms with E-state index in [0.29, 0.717) is 24.6 Å². The minimum Gasteiger partial charge on any atom is -0.389 e. The Morgan fingerprint density at radius 2 is 2.24 bits per heavy atom. The van der Waals surface area contributed by atoms with Gasteiger partial charge in [-0.25, -0.2) is 4.39 Å². The molecule has 0 aromatic heterocycles. The summed E-state index contributed by atoms with van der Waals surface area (Å²) in [5, 5.41) is 0. The molecule has 1 atom stereocenters. The van der Waals surface area contributed by atoms with E-state index < -0.39 is 16.0 Å². The molecule has 21 heavy (non-hydrogen) atoms. The largest absolute Gasteiger partial charge is 0.389 e. The van der Waals surface area contributed by atoms with E-state index in [4.69, 9.17) is 18.0 Å². The minimum atomic E-state index is -3.75. The third-order valence-corrected chi connectivity index (χ3v) is 5.18. The zero-order valence-corrected chi connectivity index (χ0v) is 13.3. The van der Waals surface area contributed by atoms with Crippen molar-refractivity contribution in [3.63, 3.8) is 0 Å². The van der Waals surface area contributed by atoms with Crippen LogP contribution in [0.15, 0.2) is 18.2 Å². The minimum absolute atomic E-state index is 0.0631. The molecule has 0 aliphatic carbocycles. The van der Waals surface area contributed by atoms with E-state index >= 15 is 0 Å². The van der Waals surface area contributed by atoms with Crippen LogP contribution >= 0.6 is 12.2 Å². The van der Waals surface area contributed by atoms with Crippen molar-refractivity contribution in [2.24, 2.45) is 11.7 Å². The average molecular weight is 331 g/mol. The second-order valence-electron chi connectivity index (χ2n) is 5.27. The van der Waals surface area contributed by atoms with Crippen LogP contribution in [0, 0.1) is 11.7 Å². The predicted octanol–water partition coefficient (Wildman–Crippen LogP) is 1.85. The number of anilines is 1. The van der Waals surface area contributed by atoms with Crippen LogP contribution in [-0.2, 0) is 10.2 Å². The second-order valence-corrected chi connectivity index (χ2v) is 7.38. The Morgan fingerprint density at radius 3 is 2.81 bits per heavy atom. The normalized spacial score (nSPS) is 20.2. The molecular weight excluding hydrogens is 313 g/mol. The van der Waals surface area contributed by atoms with Crippen molar-refractivity contribution in [1.82, 2.24) is 4.31 Å². The Kier molecular flexibility index (Phi) is 4.80. The summed E-state index contributed by atoms with van der Waals surface area (Å²) in [6.45, 7) is 2.90. The van der Waals surface area contributed by atoms with E-state index in [1.807, 2.05) is 6.92 Å². The van der Waals surface area contributed by atoms with Crippen molar-refractivity contribution in [2.45, 2.75) is 19.8 Å². The van der Waals surface area contributed by atoms with Gasteiger partial charge in [0.1, 0.15) is 10.8 Å². The number of hydrogen-bond acceptors (Lipinski definition) is 3. The number of nitrogens with one attached hydrogen (secondary N) is 1. The van der Waals surface area contributed by atoms with Crippen LogP contribution in [0.2, 0.25) is 0 Å². The first-order valence-corrected chi connectivity index (χ1v) is 8.51. The van der Waals surface area contributed by atoms with E-state index in [0.717, 1.165) is 18.9 Å². The number of halogens is 1. The molecule has 0 amide bonds. The molecule has 1 aliphatic heterocycles. The van der Waals surface area contributed by atoms with E-state index in [9.17, 15) is 12.8 Å². The number of nitrogens with two attached hydrogens (primary N) is 1.